The Morgan fingerprint density at radius 1 is 1.11 bits per heavy atom. The van der Waals surface area contributed by atoms with Crippen molar-refractivity contribution in [1.29, 1.82) is 0 Å². The molecule has 0 spiro atoms. The molecule has 1 rings (SSSR count). The molecule has 0 aliphatic carbocycles. The molecule has 1 aliphatic rings. The van der Waals surface area contributed by atoms with E-state index in [0.29, 0.717) is 0 Å². The first-order chi connectivity index (χ1) is 4.39. The van der Waals surface area contributed by atoms with E-state index >= 15 is 0 Å². The smallest absolute Gasteiger partial charge is 0.00218 e. The lowest BCUT2D eigenvalue weighted by Crippen LogP contribution is -2.24. The van der Waals surface area contributed by atoms with E-state index in [1.807, 2.05) is 21.2 Å². The molecule has 0 amide bonds. The van der Waals surface area contributed by atoms with Crippen LogP contribution in [0.3, 0.4) is 0 Å². The van der Waals surface area contributed by atoms with Crippen molar-refractivity contribution in [2.24, 2.45) is 0 Å². The minimum atomic E-state index is 1.32. The van der Waals surface area contributed by atoms with E-state index in [-0.39, 0.29) is 0 Å². The summed E-state index contributed by atoms with van der Waals surface area (Å²) in [6.07, 6.45) is 4.28. The summed E-state index contributed by atoms with van der Waals surface area (Å²) in [4.78, 5) is 2.39. The number of hydrogen-bond acceptors (Lipinski definition) is 2. The second-order valence-corrected chi connectivity index (χ2v) is 2.36. The number of thiol groups is 1. The van der Waals surface area contributed by atoms with Gasteiger partial charge in [-0.25, -0.2) is 0 Å². The molecule has 3 heteroatoms. The van der Waals surface area contributed by atoms with Crippen LogP contribution >= 0.6 is 31.0 Å². The molecule has 0 radical (unpaired) electrons. The largest absolute Gasteiger partial charge is 0.306 e. The van der Waals surface area contributed by atoms with Crippen LogP contribution in [0.4, 0.5) is 0 Å². The predicted octanol–water partition coefficient (Wildman–Crippen LogP) is 2.37. The molecule has 0 aromatic carbocycles. The molecule has 1 heterocycles. The van der Waals surface area contributed by atoms with Gasteiger partial charge in [-0.2, -0.15) is 0 Å². The summed E-state index contributed by atoms with van der Waals surface area (Å²) in [7, 11) is 5.69. The summed E-state index contributed by atoms with van der Waals surface area (Å²) in [5, 5.41) is 0. The van der Waals surface area contributed by atoms with Crippen molar-refractivity contribution in [3.8, 4) is 0 Å². The standard InChI is InChI=1S/C6H13N.HIS/c1-7-5-3-2-4-6-7;1-2/h2-6H2,1H3;2H. The first-order valence-electron chi connectivity index (χ1n) is 3.25. The van der Waals surface area contributed by atoms with E-state index in [1.54, 1.807) is 0 Å². The zero-order valence-corrected chi connectivity index (χ0v) is 8.86. The molecule has 0 aromatic heterocycles. The number of piperidine rings is 1. The zero-order valence-electron chi connectivity index (χ0n) is 5.81. The van der Waals surface area contributed by atoms with Crippen molar-refractivity contribution in [2.45, 2.75) is 19.3 Å². The van der Waals surface area contributed by atoms with Crippen LogP contribution in [0.25, 0.3) is 0 Å². The second-order valence-electron chi connectivity index (χ2n) is 2.36. The van der Waals surface area contributed by atoms with Crippen molar-refractivity contribution in [3.63, 3.8) is 0 Å². The second kappa shape index (κ2) is 7.15. The van der Waals surface area contributed by atoms with Crippen molar-refractivity contribution < 1.29 is 0 Å². The van der Waals surface area contributed by atoms with E-state index in [9.17, 15) is 0 Å². The third-order valence-electron chi connectivity index (χ3n) is 1.58. The summed E-state index contributed by atoms with van der Waals surface area (Å²) in [5.41, 5.74) is 0. The van der Waals surface area contributed by atoms with Gasteiger partial charge in [0.15, 0.2) is 0 Å². The maximum atomic E-state index is 3.50. The molecular formula is C6H14INS. The molecule has 9 heavy (non-hydrogen) atoms. The average Bonchev–Trinajstić information content (AvgIpc) is 1.94. The SMILES string of the molecule is CN1CCCCC1.SI. The summed E-state index contributed by atoms with van der Waals surface area (Å²) in [6, 6.07) is 0. The lowest BCUT2D eigenvalue weighted by atomic mass is 10.1. The Morgan fingerprint density at radius 3 is 1.78 bits per heavy atom. The van der Waals surface area contributed by atoms with Crippen LogP contribution in [-0.2, 0) is 0 Å². The molecule has 1 aliphatic heterocycles. The van der Waals surface area contributed by atoms with Crippen molar-refractivity contribution in [3.05, 3.63) is 0 Å². The fourth-order valence-corrected chi connectivity index (χ4v) is 1.05. The highest BCUT2D eigenvalue weighted by Gasteiger charge is 2.02. The molecule has 1 nitrogen and oxygen atoms in total. The van der Waals surface area contributed by atoms with Crippen LogP contribution in [0.2, 0.25) is 0 Å². The fraction of sp³-hybridized carbons (Fsp3) is 1.00. The zero-order chi connectivity index (χ0) is 7.11. The molecule has 0 bridgehead atoms. The molecule has 0 saturated carbocycles. The Kier molecular flexibility index (Phi) is 7.98. The van der Waals surface area contributed by atoms with E-state index in [1.165, 1.54) is 32.4 Å². The van der Waals surface area contributed by atoms with Gasteiger partial charge >= 0.3 is 0 Å². The molecule has 0 atom stereocenters. The van der Waals surface area contributed by atoms with Crippen LogP contribution in [0.15, 0.2) is 0 Å². The summed E-state index contributed by atoms with van der Waals surface area (Å²) >= 11 is 1.84. The Labute approximate surface area is 75.2 Å². The summed E-state index contributed by atoms with van der Waals surface area (Å²) in [6.45, 7) is 2.64. The van der Waals surface area contributed by atoms with E-state index in [2.05, 4.69) is 21.7 Å². The highest BCUT2D eigenvalue weighted by molar-refractivity contribution is 14.2. The molecule has 1 saturated heterocycles. The normalized spacial score (nSPS) is 20.3. The van der Waals surface area contributed by atoms with Crippen molar-refractivity contribution in [2.75, 3.05) is 20.1 Å². The molecule has 0 aromatic rings. The predicted molar refractivity (Wildman–Crippen MR) is 54.4 cm³/mol. The molecule has 0 N–H and O–H groups in total. The molecule has 0 unspecified atom stereocenters. The van der Waals surface area contributed by atoms with Gasteiger partial charge in [-0.05, 0) is 54.2 Å². The Hall–Kier alpha value is 1.04. The number of likely N-dealkylation sites (tertiary alicyclic amines) is 1. The quantitative estimate of drug-likeness (QED) is 0.516. The van der Waals surface area contributed by atoms with Crippen LogP contribution < -0.4 is 0 Å². The summed E-state index contributed by atoms with van der Waals surface area (Å²) in [5.74, 6) is 0. The monoisotopic (exact) mass is 259 g/mol. The maximum absolute atomic E-state index is 3.50. The van der Waals surface area contributed by atoms with E-state index in [4.69, 9.17) is 0 Å². The van der Waals surface area contributed by atoms with Gasteiger partial charge in [0.1, 0.15) is 0 Å². The minimum Gasteiger partial charge on any atom is -0.306 e. The van der Waals surface area contributed by atoms with E-state index < -0.39 is 0 Å². The number of rotatable bonds is 0. The van der Waals surface area contributed by atoms with Crippen LogP contribution in [0.5, 0.6) is 0 Å². The van der Waals surface area contributed by atoms with E-state index in [0.717, 1.165) is 0 Å². The highest BCUT2D eigenvalue weighted by Crippen LogP contribution is 2.04. The van der Waals surface area contributed by atoms with Gasteiger partial charge in [-0.1, -0.05) is 6.42 Å². The third kappa shape index (κ3) is 5.48. The average molecular weight is 259 g/mol. The van der Waals surface area contributed by atoms with Gasteiger partial charge in [-0.3, -0.25) is 0 Å². The van der Waals surface area contributed by atoms with Gasteiger partial charge in [0.2, 0.25) is 0 Å². The first-order valence-corrected chi connectivity index (χ1v) is 6.48. The number of halogens is 1. The van der Waals surface area contributed by atoms with Crippen LogP contribution in [-0.4, -0.2) is 25.0 Å². The van der Waals surface area contributed by atoms with Crippen molar-refractivity contribution in [1.82, 2.24) is 4.90 Å². The van der Waals surface area contributed by atoms with Gasteiger partial charge in [0, 0.05) is 0 Å². The maximum Gasteiger partial charge on any atom is -0.00218 e. The Bertz CT molecular complexity index is 55.0. The Balaban J connectivity index is 0.000000291. The lowest BCUT2D eigenvalue weighted by molar-refractivity contribution is 0.277. The highest BCUT2D eigenvalue weighted by atomic mass is 127. The molecule has 1 fully saturated rings. The minimum absolute atomic E-state index is 1.32. The van der Waals surface area contributed by atoms with Gasteiger partial charge in [0.05, 0.1) is 0 Å². The van der Waals surface area contributed by atoms with Crippen LogP contribution in [0, 0.1) is 0 Å². The molecular weight excluding hydrogens is 245 g/mol. The van der Waals surface area contributed by atoms with Gasteiger partial charge in [0.25, 0.3) is 0 Å². The fourth-order valence-electron chi connectivity index (χ4n) is 1.05. The topological polar surface area (TPSA) is 3.24 Å². The lowest BCUT2D eigenvalue weighted by Gasteiger charge is -2.20. The summed E-state index contributed by atoms with van der Waals surface area (Å²) < 4.78 is 0. The first kappa shape index (κ1) is 10.0. The Morgan fingerprint density at radius 2 is 1.56 bits per heavy atom. The van der Waals surface area contributed by atoms with Gasteiger partial charge < -0.3 is 4.90 Å². The van der Waals surface area contributed by atoms with Crippen LogP contribution in [0.1, 0.15) is 19.3 Å². The number of hydrogen-bond donors (Lipinski definition) is 1. The van der Waals surface area contributed by atoms with Crippen molar-refractivity contribution >= 4 is 31.0 Å². The third-order valence-corrected chi connectivity index (χ3v) is 1.58. The number of nitrogens with zero attached hydrogens (tertiary/aromatic N) is 1. The molecule has 56 valence electrons. The van der Waals surface area contributed by atoms with Gasteiger partial charge in [-0.15, -0.1) is 9.80 Å².